The van der Waals surface area contributed by atoms with Gasteiger partial charge >= 0.3 is 0 Å². The third-order valence-corrected chi connectivity index (χ3v) is 2.20. The zero-order valence-electron chi connectivity index (χ0n) is 6.76. The zero-order chi connectivity index (χ0) is 8.27. The molecule has 1 fully saturated rings. The van der Waals surface area contributed by atoms with Crippen LogP contribution in [-0.2, 0) is 0 Å². The highest BCUT2D eigenvalue weighted by Crippen LogP contribution is 2.21. The van der Waals surface area contributed by atoms with E-state index in [1.807, 2.05) is 13.1 Å². The summed E-state index contributed by atoms with van der Waals surface area (Å²) in [6.07, 6.45) is 0.180. The molecule has 0 radical (unpaired) electrons. The summed E-state index contributed by atoms with van der Waals surface area (Å²) in [7, 11) is 1.97. The summed E-state index contributed by atoms with van der Waals surface area (Å²) in [5, 5.41) is 8.39. The highest BCUT2D eigenvalue weighted by molar-refractivity contribution is 4.85. The Labute approximate surface area is 66.6 Å². The molecule has 2 atom stereocenters. The van der Waals surface area contributed by atoms with Crippen LogP contribution in [-0.4, -0.2) is 31.2 Å². The molecule has 0 saturated carbocycles. The molecule has 0 aliphatic carbocycles. The third kappa shape index (κ3) is 2.16. The van der Waals surface area contributed by atoms with Crippen molar-refractivity contribution in [2.45, 2.75) is 19.0 Å². The largest absolute Gasteiger partial charge is 0.306 e. The molecular formula is C8H13FN2. The van der Waals surface area contributed by atoms with Gasteiger partial charge in [-0.15, -0.1) is 0 Å². The fourth-order valence-corrected chi connectivity index (χ4v) is 1.50. The number of nitriles is 1. The number of likely N-dealkylation sites (tertiary alicyclic amines) is 1. The molecule has 1 aliphatic rings. The predicted molar refractivity (Wildman–Crippen MR) is 40.7 cm³/mol. The van der Waals surface area contributed by atoms with E-state index in [0.717, 1.165) is 13.1 Å². The highest BCUT2D eigenvalue weighted by atomic mass is 19.1. The summed E-state index contributed by atoms with van der Waals surface area (Å²) in [6, 6.07) is 2.02. The summed E-state index contributed by atoms with van der Waals surface area (Å²) in [5.74, 6) is -0.0567. The molecule has 1 saturated heterocycles. The molecule has 0 aromatic carbocycles. The van der Waals surface area contributed by atoms with E-state index < -0.39 is 6.17 Å². The molecule has 2 nitrogen and oxygen atoms in total. The summed E-state index contributed by atoms with van der Waals surface area (Å²) < 4.78 is 13.0. The van der Waals surface area contributed by atoms with E-state index in [9.17, 15) is 4.39 Å². The summed E-state index contributed by atoms with van der Waals surface area (Å²) in [6.45, 7) is 1.55. The lowest BCUT2D eigenvalue weighted by atomic mass is 9.94. The molecule has 62 valence electrons. The van der Waals surface area contributed by atoms with Crippen LogP contribution in [0.3, 0.4) is 0 Å². The molecule has 2 unspecified atom stereocenters. The smallest absolute Gasteiger partial charge is 0.106 e. The van der Waals surface area contributed by atoms with Crippen LogP contribution < -0.4 is 0 Å². The molecule has 1 rings (SSSR count). The van der Waals surface area contributed by atoms with Gasteiger partial charge in [0.15, 0.2) is 0 Å². The van der Waals surface area contributed by atoms with Crippen molar-refractivity contribution in [2.24, 2.45) is 5.92 Å². The number of piperidine rings is 1. The molecule has 0 bridgehead atoms. The topological polar surface area (TPSA) is 27.0 Å². The predicted octanol–water partition coefficient (Wildman–Crippen LogP) is 1.19. The summed E-state index contributed by atoms with van der Waals surface area (Å²) in [5.41, 5.74) is 0. The molecule has 0 spiro atoms. The number of alkyl halides is 1. The minimum Gasteiger partial charge on any atom is -0.306 e. The van der Waals surface area contributed by atoms with Gasteiger partial charge < -0.3 is 4.90 Å². The Bertz CT molecular complexity index is 164. The Kier molecular flexibility index (Phi) is 2.84. The lowest BCUT2D eigenvalue weighted by Gasteiger charge is -2.31. The Morgan fingerprint density at radius 2 is 2.45 bits per heavy atom. The zero-order valence-corrected chi connectivity index (χ0v) is 6.76. The quantitative estimate of drug-likeness (QED) is 0.570. The van der Waals surface area contributed by atoms with Gasteiger partial charge in [-0.2, -0.15) is 5.26 Å². The van der Waals surface area contributed by atoms with Crippen molar-refractivity contribution < 1.29 is 4.39 Å². The maximum absolute atomic E-state index is 13.0. The van der Waals surface area contributed by atoms with E-state index in [1.165, 1.54) is 0 Å². The average molecular weight is 156 g/mol. The van der Waals surface area contributed by atoms with Crippen LogP contribution in [0.5, 0.6) is 0 Å². The van der Waals surface area contributed by atoms with E-state index in [-0.39, 0.29) is 5.92 Å². The third-order valence-electron chi connectivity index (χ3n) is 2.20. The molecule has 0 aromatic rings. The van der Waals surface area contributed by atoms with Crippen molar-refractivity contribution in [3.05, 3.63) is 0 Å². The average Bonchev–Trinajstić information content (AvgIpc) is 1.98. The fourth-order valence-electron chi connectivity index (χ4n) is 1.50. The first-order valence-corrected chi connectivity index (χ1v) is 3.93. The van der Waals surface area contributed by atoms with Gasteiger partial charge in [-0.3, -0.25) is 0 Å². The van der Waals surface area contributed by atoms with Crippen molar-refractivity contribution in [3.63, 3.8) is 0 Å². The van der Waals surface area contributed by atoms with Gasteiger partial charge in [0.05, 0.1) is 6.07 Å². The minimum atomic E-state index is -0.758. The van der Waals surface area contributed by atoms with E-state index in [2.05, 4.69) is 4.90 Å². The lowest BCUT2D eigenvalue weighted by Crippen LogP contribution is -2.38. The second-order valence-corrected chi connectivity index (χ2v) is 3.19. The van der Waals surface area contributed by atoms with Gasteiger partial charge in [0.2, 0.25) is 0 Å². The monoisotopic (exact) mass is 156 g/mol. The molecular weight excluding hydrogens is 143 g/mol. The van der Waals surface area contributed by atoms with Crippen molar-refractivity contribution in [1.82, 2.24) is 4.90 Å². The lowest BCUT2D eigenvalue weighted by molar-refractivity contribution is 0.107. The van der Waals surface area contributed by atoms with Crippen molar-refractivity contribution in [3.8, 4) is 6.07 Å². The van der Waals surface area contributed by atoms with Gasteiger partial charge in [-0.05, 0) is 13.5 Å². The van der Waals surface area contributed by atoms with Crippen molar-refractivity contribution >= 4 is 0 Å². The second-order valence-electron chi connectivity index (χ2n) is 3.19. The van der Waals surface area contributed by atoms with Crippen molar-refractivity contribution in [1.29, 1.82) is 5.26 Å². The Morgan fingerprint density at radius 3 is 3.09 bits per heavy atom. The Morgan fingerprint density at radius 1 is 1.73 bits per heavy atom. The number of nitrogens with zero attached hydrogens (tertiary/aromatic N) is 2. The normalized spacial score (nSPS) is 33.2. The van der Waals surface area contributed by atoms with Crippen LogP contribution in [0.1, 0.15) is 12.8 Å². The first-order chi connectivity index (χ1) is 5.24. The van der Waals surface area contributed by atoms with Gasteiger partial charge in [-0.25, -0.2) is 4.39 Å². The fraction of sp³-hybridized carbons (Fsp3) is 0.875. The number of rotatable bonds is 1. The standard InChI is InChI=1S/C8H13FN2/c1-11-5-3-8(9)7(6-11)2-4-10/h7-8H,2-3,5-6H2,1H3. The molecule has 1 aliphatic heterocycles. The number of hydrogen-bond donors (Lipinski definition) is 0. The van der Waals surface area contributed by atoms with Crippen LogP contribution in [0.25, 0.3) is 0 Å². The van der Waals surface area contributed by atoms with Crippen LogP contribution >= 0.6 is 0 Å². The number of halogens is 1. The second kappa shape index (κ2) is 3.68. The van der Waals surface area contributed by atoms with Gasteiger partial charge in [-0.1, -0.05) is 0 Å². The first-order valence-electron chi connectivity index (χ1n) is 3.93. The maximum Gasteiger partial charge on any atom is 0.106 e. The molecule has 3 heteroatoms. The summed E-state index contributed by atoms with van der Waals surface area (Å²) in [4.78, 5) is 2.08. The van der Waals surface area contributed by atoms with Gasteiger partial charge in [0.1, 0.15) is 6.17 Å². The Hall–Kier alpha value is -0.620. The van der Waals surface area contributed by atoms with Crippen LogP contribution in [0, 0.1) is 17.2 Å². The van der Waals surface area contributed by atoms with Crippen molar-refractivity contribution in [2.75, 3.05) is 20.1 Å². The molecule has 0 N–H and O–H groups in total. The maximum atomic E-state index is 13.0. The minimum absolute atomic E-state index is 0.0567. The van der Waals surface area contributed by atoms with Crippen LogP contribution in [0.15, 0.2) is 0 Å². The first kappa shape index (κ1) is 8.48. The van der Waals surface area contributed by atoms with Gasteiger partial charge in [0.25, 0.3) is 0 Å². The van der Waals surface area contributed by atoms with E-state index in [4.69, 9.17) is 5.26 Å². The highest BCUT2D eigenvalue weighted by Gasteiger charge is 2.26. The van der Waals surface area contributed by atoms with E-state index >= 15 is 0 Å². The van der Waals surface area contributed by atoms with Crippen LogP contribution in [0.4, 0.5) is 4.39 Å². The Balaban J connectivity index is 2.42. The molecule has 0 amide bonds. The van der Waals surface area contributed by atoms with E-state index in [1.54, 1.807) is 0 Å². The molecule has 0 aromatic heterocycles. The number of hydrogen-bond acceptors (Lipinski definition) is 2. The summed E-state index contributed by atoms with van der Waals surface area (Å²) >= 11 is 0. The molecule has 11 heavy (non-hydrogen) atoms. The van der Waals surface area contributed by atoms with Crippen LogP contribution in [0.2, 0.25) is 0 Å². The van der Waals surface area contributed by atoms with E-state index in [0.29, 0.717) is 12.8 Å². The van der Waals surface area contributed by atoms with Gasteiger partial charge in [0, 0.05) is 25.4 Å². The molecule has 1 heterocycles. The SMILES string of the molecule is CN1CCC(F)C(CC#N)C1.